The number of carbonyl (C=O) groups is 5. The Kier molecular flexibility index (Phi) is 13.2. The van der Waals surface area contributed by atoms with Crippen LogP contribution in [0.25, 0.3) is 0 Å². The van der Waals surface area contributed by atoms with E-state index in [9.17, 15) is 24.0 Å². The lowest BCUT2D eigenvalue weighted by molar-refractivity contribution is -0.133. The van der Waals surface area contributed by atoms with Crippen LogP contribution in [0.4, 0.5) is 10.5 Å². The van der Waals surface area contributed by atoms with Crippen molar-refractivity contribution in [2.45, 2.75) is 38.0 Å². The quantitative estimate of drug-likeness (QED) is 0.0841. The number of hydrogen-bond acceptors (Lipinski definition) is 9. The average molecular weight is 732 g/mol. The summed E-state index contributed by atoms with van der Waals surface area (Å²) < 4.78 is 16.4. The van der Waals surface area contributed by atoms with Gasteiger partial charge in [0.1, 0.15) is 30.7 Å². The van der Waals surface area contributed by atoms with E-state index in [4.69, 9.17) is 37.4 Å². The van der Waals surface area contributed by atoms with Gasteiger partial charge in [-0.2, -0.15) is 0 Å². The molecule has 0 bridgehead atoms. The third-order valence-electron chi connectivity index (χ3n) is 8.23. The Morgan fingerprint density at radius 3 is 1.76 bits per heavy atom. The number of esters is 2. The fraction of sp³-hybridized carbons (Fsp3) is 0.256. The normalized spacial score (nSPS) is 15.5. The number of halogens is 2. The molecule has 1 unspecified atom stereocenters. The number of amides is 1. The van der Waals surface area contributed by atoms with E-state index in [1.807, 2.05) is 41.3 Å². The number of alkyl halides is 2. The summed E-state index contributed by atoms with van der Waals surface area (Å²) in [4.78, 5) is 68.5. The molecule has 0 heterocycles. The maximum absolute atomic E-state index is 13.8. The number of hydrogen-bond donors (Lipinski definition) is 1. The van der Waals surface area contributed by atoms with E-state index in [0.717, 1.165) is 16.8 Å². The molecule has 0 radical (unpaired) electrons. The number of nitrogens with zero attached hydrogens (tertiary/aromatic N) is 1. The monoisotopic (exact) mass is 730 g/mol. The van der Waals surface area contributed by atoms with E-state index in [1.165, 1.54) is 18.2 Å². The SMILES string of the molecule is O=C(N[C@H]1CCC(=O)C(c2cc(C(=O)OCc3ccccc3)cc(C(=O)OCc3ccccc3)c2)C1=O)Oc1ccc(N(CCCl)CCCl)cc1. The summed E-state index contributed by atoms with van der Waals surface area (Å²) in [6, 6.07) is 27.8. The van der Waals surface area contributed by atoms with Crippen LogP contribution in [0.3, 0.4) is 0 Å². The minimum Gasteiger partial charge on any atom is -0.457 e. The molecule has 0 spiro atoms. The molecule has 0 aliphatic heterocycles. The number of ketones is 2. The van der Waals surface area contributed by atoms with Crippen LogP contribution >= 0.6 is 23.2 Å². The summed E-state index contributed by atoms with van der Waals surface area (Å²) in [6.07, 6.45) is -0.863. The first-order valence-corrected chi connectivity index (χ1v) is 17.4. The van der Waals surface area contributed by atoms with Crippen LogP contribution < -0.4 is 15.0 Å². The number of rotatable bonds is 14. The van der Waals surface area contributed by atoms with Crippen molar-refractivity contribution in [2.24, 2.45) is 0 Å². The lowest BCUT2D eigenvalue weighted by Gasteiger charge is -2.28. The minimum atomic E-state index is -1.36. The van der Waals surface area contributed by atoms with Gasteiger partial charge >= 0.3 is 18.0 Å². The van der Waals surface area contributed by atoms with Crippen molar-refractivity contribution in [3.05, 3.63) is 131 Å². The van der Waals surface area contributed by atoms with Gasteiger partial charge in [0, 0.05) is 37.0 Å². The first kappa shape index (κ1) is 37.1. The van der Waals surface area contributed by atoms with E-state index in [1.54, 1.807) is 48.5 Å². The topological polar surface area (TPSA) is 128 Å². The lowest BCUT2D eigenvalue weighted by Crippen LogP contribution is -2.48. The second-order valence-electron chi connectivity index (χ2n) is 11.8. The van der Waals surface area contributed by atoms with Crippen LogP contribution in [0, 0.1) is 0 Å². The molecule has 10 nitrogen and oxygen atoms in total. The number of nitrogens with one attached hydrogen (secondary N) is 1. The summed E-state index contributed by atoms with van der Waals surface area (Å²) in [5.74, 6) is -2.83. The van der Waals surface area contributed by atoms with Crippen LogP contribution in [0.5, 0.6) is 5.75 Å². The van der Waals surface area contributed by atoms with Gasteiger partial charge < -0.3 is 24.4 Å². The summed E-state index contributed by atoms with van der Waals surface area (Å²) in [5, 5.41) is 2.58. The zero-order valence-electron chi connectivity index (χ0n) is 27.6. The maximum atomic E-state index is 13.8. The highest BCUT2D eigenvalue weighted by Gasteiger charge is 2.40. The summed E-state index contributed by atoms with van der Waals surface area (Å²) >= 11 is 11.8. The Balaban J connectivity index is 1.33. The maximum Gasteiger partial charge on any atom is 0.413 e. The molecule has 12 heteroatoms. The van der Waals surface area contributed by atoms with Crippen LogP contribution in [0.15, 0.2) is 103 Å². The largest absolute Gasteiger partial charge is 0.457 e. The molecule has 264 valence electrons. The highest BCUT2D eigenvalue weighted by Crippen LogP contribution is 2.30. The van der Waals surface area contributed by atoms with Gasteiger partial charge in [0.2, 0.25) is 0 Å². The highest BCUT2D eigenvalue weighted by atomic mass is 35.5. The van der Waals surface area contributed by atoms with Crippen molar-refractivity contribution in [1.82, 2.24) is 5.32 Å². The molecule has 0 aromatic heterocycles. The number of carbonyl (C=O) groups excluding carboxylic acids is 5. The van der Waals surface area contributed by atoms with E-state index < -0.39 is 41.6 Å². The fourth-order valence-corrected chi connectivity index (χ4v) is 6.08. The second kappa shape index (κ2) is 18.2. The standard InChI is InChI=1S/C39H36Cl2N2O8/c40-17-19-43(20-18-41)31-11-13-32(14-12-31)51-39(48)42-33-15-16-34(44)35(36(33)45)28-21-29(37(46)49-24-26-7-3-1-4-8-26)23-30(22-28)38(47)50-25-27-9-5-2-6-10-27/h1-14,21-23,33,35H,15-20,24-25H2,(H,42,48)/t33-,35?/m0/s1. The van der Waals surface area contributed by atoms with Gasteiger partial charge in [0.25, 0.3) is 0 Å². The zero-order chi connectivity index (χ0) is 36.2. The molecule has 1 aliphatic carbocycles. The van der Waals surface area contributed by atoms with Gasteiger partial charge in [0.05, 0.1) is 17.2 Å². The van der Waals surface area contributed by atoms with E-state index in [-0.39, 0.29) is 48.5 Å². The van der Waals surface area contributed by atoms with Crippen LogP contribution in [-0.4, -0.2) is 60.5 Å². The number of anilines is 1. The molecule has 1 amide bonds. The van der Waals surface area contributed by atoms with E-state index in [2.05, 4.69) is 5.32 Å². The Morgan fingerprint density at radius 1 is 0.725 bits per heavy atom. The van der Waals surface area contributed by atoms with Crippen LogP contribution in [0.2, 0.25) is 0 Å². The lowest BCUT2D eigenvalue weighted by atomic mass is 9.78. The van der Waals surface area contributed by atoms with Crippen molar-refractivity contribution < 1.29 is 38.2 Å². The van der Waals surface area contributed by atoms with Crippen molar-refractivity contribution in [2.75, 3.05) is 29.7 Å². The molecular formula is C39H36Cl2N2O8. The van der Waals surface area contributed by atoms with Gasteiger partial charge in [-0.25, -0.2) is 14.4 Å². The smallest absolute Gasteiger partial charge is 0.413 e. The van der Waals surface area contributed by atoms with Gasteiger partial charge in [-0.05, 0) is 65.6 Å². The third kappa shape index (κ3) is 10.2. The molecule has 2 atom stereocenters. The van der Waals surface area contributed by atoms with E-state index in [0.29, 0.717) is 24.8 Å². The summed E-state index contributed by atoms with van der Waals surface area (Å²) in [7, 11) is 0. The molecular weight excluding hydrogens is 695 g/mol. The second-order valence-corrected chi connectivity index (χ2v) is 12.5. The summed E-state index contributed by atoms with van der Waals surface area (Å²) in [5.41, 5.74) is 2.38. The highest BCUT2D eigenvalue weighted by molar-refractivity contribution is 6.18. The Bertz CT molecular complexity index is 1760. The van der Waals surface area contributed by atoms with Crippen LogP contribution in [0.1, 0.15) is 56.2 Å². The Hall–Kier alpha value is -5.19. The minimum absolute atomic E-state index is 0.0328. The summed E-state index contributed by atoms with van der Waals surface area (Å²) in [6.45, 7) is 1.11. The van der Waals surface area contributed by atoms with Crippen LogP contribution in [-0.2, 0) is 32.3 Å². The van der Waals surface area contributed by atoms with Crippen molar-refractivity contribution in [3.63, 3.8) is 0 Å². The molecule has 1 fully saturated rings. The van der Waals surface area contributed by atoms with E-state index >= 15 is 0 Å². The van der Waals surface area contributed by atoms with Crippen molar-refractivity contribution in [3.8, 4) is 5.75 Å². The molecule has 0 saturated heterocycles. The van der Waals surface area contributed by atoms with Gasteiger partial charge in [-0.1, -0.05) is 60.7 Å². The molecule has 51 heavy (non-hydrogen) atoms. The van der Waals surface area contributed by atoms with Gasteiger partial charge in [-0.15, -0.1) is 23.2 Å². The number of Topliss-reactive ketones (excluding diaryl/α,β-unsaturated/α-hetero) is 2. The number of ether oxygens (including phenoxy) is 3. The Labute approximate surface area is 305 Å². The molecule has 4 aromatic carbocycles. The average Bonchev–Trinajstić information content (AvgIpc) is 3.15. The molecule has 4 aromatic rings. The van der Waals surface area contributed by atoms with Gasteiger partial charge in [-0.3, -0.25) is 9.59 Å². The third-order valence-corrected chi connectivity index (χ3v) is 8.57. The predicted molar refractivity (Wildman–Crippen MR) is 193 cm³/mol. The van der Waals surface area contributed by atoms with Crippen molar-refractivity contribution in [1.29, 1.82) is 0 Å². The van der Waals surface area contributed by atoms with Crippen molar-refractivity contribution >= 4 is 58.5 Å². The fourth-order valence-electron chi connectivity index (χ4n) is 5.67. The Morgan fingerprint density at radius 2 is 1.25 bits per heavy atom. The molecule has 1 N–H and O–H groups in total. The zero-order valence-corrected chi connectivity index (χ0v) is 29.1. The predicted octanol–water partition coefficient (Wildman–Crippen LogP) is 6.86. The first-order valence-electron chi connectivity index (χ1n) is 16.3. The first-order chi connectivity index (χ1) is 24.7. The molecule has 1 saturated carbocycles. The van der Waals surface area contributed by atoms with Gasteiger partial charge in [0.15, 0.2) is 5.78 Å². The molecule has 1 aliphatic rings. The number of benzene rings is 4. The molecule has 5 rings (SSSR count).